The summed E-state index contributed by atoms with van der Waals surface area (Å²) in [7, 11) is 0. The average Bonchev–Trinajstić information content (AvgIpc) is 0.811. The second-order valence-corrected chi connectivity index (χ2v) is 0.612. The topological polar surface area (TPSA) is 63.2 Å². The molecule has 0 spiro atoms. The summed E-state index contributed by atoms with van der Waals surface area (Å²) in [5.74, 6) is 0. The number of hydrogen-bond acceptors (Lipinski definition) is 3. The molecule has 0 amide bonds. The third-order valence-electron chi connectivity index (χ3n) is 0. The summed E-state index contributed by atoms with van der Waals surface area (Å²) >= 11 is -3.11. The molecule has 0 atom stereocenters. The predicted octanol–water partition coefficient (Wildman–Crippen LogP) is -2.30. The Hall–Kier alpha value is 2.10. The summed E-state index contributed by atoms with van der Waals surface area (Å²) in [5, 5.41) is 0. The van der Waals surface area contributed by atoms with Crippen LogP contribution in [0.4, 0.5) is 0 Å². The fourth-order valence-electron chi connectivity index (χ4n) is 0. The van der Waals surface area contributed by atoms with Gasteiger partial charge in [-0.05, 0) is 0 Å². The van der Waals surface area contributed by atoms with E-state index in [0.29, 0.717) is 0 Å². The van der Waals surface area contributed by atoms with Crippen LogP contribution in [-0.2, 0) is 11.4 Å². The van der Waals surface area contributed by atoms with Gasteiger partial charge in [-0.2, -0.15) is 0 Å². The van der Waals surface area contributed by atoms with Gasteiger partial charge < -0.3 is 9.11 Å². The molecule has 0 aliphatic carbocycles. The van der Waals surface area contributed by atoms with Crippen molar-refractivity contribution < 1.29 is 13.3 Å². The van der Waals surface area contributed by atoms with E-state index in [1.807, 2.05) is 0 Å². The Morgan fingerprint density at radius 1 is 1.33 bits per heavy atom. The van der Waals surface area contributed by atoms with Crippen LogP contribution >= 0.6 is 0 Å². The Kier molecular flexibility index (Phi) is 26.6. The molecule has 0 unspecified atom stereocenters. The second kappa shape index (κ2) is 10.2. The molecule has 0 bridgehead atoms. The Bertz CT molecular complexity index is 33.8. The standard InChI is InChI=1S/Ca.Mg.H2O3S.2H/c;;1-4(2)3;;/h;;(H2,1,2,3);;/q+2;;;;/p-2. The third kappa shape index (κ3) is 36.0. The van der Waals surface area contributed by atoms with Crippen LogP contribution in [0.3, 0.4) is 0 Å². The molecule has 0 fully saturated rings. The molecule has 0 rings (SSSR count). The molecule has 6 heteroatoms. The monoisotopic (exact) mass is 146 g/mol. The van der Waals surface area contributed by atoms with Crippen molar-refractivity contribution in [3.63, 3.8) is 0 Å². The molecule has 0 radical (unpaired) electrons. The molecule has 0 saturated heterocycles. The summed E-state index contributed by atoms with van der Waals surface area (Å²) < 4.78 is 25.3. The second-order valence-electron chi connectivity index (χ2n) is 0.204. The molecule has 6 heavy (non-hydrogen) atoms. The minimum Gasteiger partial charge on any atom is -0.784 e. The van der Waals surface area contributed by atoms with Crippen LogP contribution in [0.5, 0.6) is 0 Å². The van der Waals surface area contributed by atoms with Crippen LogP contribution in [-0.4, -0.2) is 74.1 Å². The zero-order valence-electron chi connectivity index (χ0n) is 2.34. The zero-order chi connectivity index (χ0) is 3.58. The Labute approximate surface area is 84.1 Å². The van der Waals surface area contributed by atoms with Gasteiger partial charge in [0.15, 0.2) is 0 Å². The van der Waals surface area contributed by atoms with Crippen molar-refractivity contribution in [2.24, 2.45) is 0 Å². The van der Waals surface area contributed by atoms with E-state index in [0.717, 1.165) is 0 Å². The fourth-order valence-corrected chi connectivity index (χ4v) is 0. The van der Waals surface area contributed by atoms with E-state index in [1.165, 1.54) is 0 Å². The van der Waals surface area contributed by atoms with E-state index in [1.54, 1.807) is 0 Å². The van der Waals surface area contributed by atoms with Crippen LogP contribution in [0.15, 0.2) is 0 Å². The molecule has 0 saturated carbocycles. The van der Waals surface area contributed by atoms with E-state index in [-0.39, 0.29) is 60.8 Å². The van der Waals surface area contributed by atoms with Gasteiger partial charge in [0.25, 0.3) is 0 Å². The van der Waals surface area contributed by atoms with Crippen LogP contribution < -0.4 is 0 Å². The Balaban J connectivity index is -0.0000000450. The summed E-state index contributed by atoms with van der Waals surface area (Å²) in [4.78, 5) is 0. The van der Waals surface area contributed by atoms with E-state index in [4.69, 9.17) is 13.3 Å². The number of hydrogen-bond donors (Lipinski definition) is 0. The molecule has 0 aromatic rings. The van der Waals surface area contributed by atoms with Crippen molar-refractivity contribution in [1.29, 1.82) is 0 Å². The van der Waals surface area contributed by atoms with Crippen molar-refractivity contribution in [3.8, 4) is 0 Å². The van der Waals surface area contributed by atoms with Crippen molar-refractivity contribution in [2.75, 3.05) is 0 Å². The van der Waals surface area contributed by atoms with E-state index in [2.05, 4.69) is 0 Å². The average molecular weight is 146 g/mol. The van der Waals surface area contributed by atoms with Crippen LogP contribution in [0.25, 0.3) is 0 Å². The summed E-state index contributed by atoms with van der Waals surface area (Å²) in [6.07, 6.45) is 0. The largest absolute Gasteiger partial charge is 2.00 e. The zero-order valence-corrected chi connectivity index (χ0v) is 5.36. The molecule has 0 aromatic heterocycles. The van der Waals surface area contributed by atoms with Gasteiger partial charge in [0.05, 0.1) is 0 Å². The first-order valence-corrected chi connectivity index (χ1v) is 1.50. The van der Waals surface area contributed by atoms with Crippen molar-refractivity contribution >= 4 is 72.2 Å². The van der Waals surface area contributed by atoms with Crippen molar-refractivity contribution in [3.05, 3.63) is 0 Å². The summed E-state index contributed by atoms with van der Waals surface area (Å²) in [6, 6.07) is 0. The number of rotatable bonds is 0. The quantitative estimate of drug-likeness (QED) is 0.285. The smallest absolute Gasteiger partial charge is 0.784 e. The maximum absolute atomic E-state index is 8.44. The van der Waals surface area contributed by atoms with Crippen molar-refractivity contribution in [2.45, 2.75) is 0 Å². The van der Waals surface area contributed by atoms with Crippen molar-refractivity contribution in [1.82, 2.24) is 0 Å². The summed E-state index contributed by atoms with van der Waals surface area (Å²) in [6.45, 7) is 0. The van der Waals surface area contributed by atoms with Gasteiger partial charge in [0.1, 0.15) is 0 Å². The Morgan fingerprint density at radius 2 is 1.33 bits per heavy atom. The first-order chi connectivity index (χ1) is 1.73. The molecule has 0 heterocycles. The van der Waals surface area contributed by atoms with E-state index in [9.17, 15) is 0 Å². The van der Waals surface area contributed by atoms with Gasteiger partial charge in [-0.3, -0.25) is 4.21 Å². The normalized spacial score (nSPS) is 5.83. The fraction of sp³-hybridized carbons (Fsp3) is 0. The molecule has 0 N–H and O–H groups in total. The SMILES string of the molecule is O=S([O-])[O-].[Ca+2].[MgH2]. The van der Waals surface area contributed by atoms with Gasteiger partial charge >= 0.3 is 60.8 Å². The van der Waals surface area contributed by atoms with Crippen LogP contribution in [0.2, 0.25) is 0 Å². The van der Waals surface area contributed by atoms with Gasteiger partial charge in [-0.1, -0.05) is 0 Å². The third-order valence-corrected chi connectivity index (χ3v) is 0. The maximum Gasteiger partial charge on any atom is 2.00 e. The predicted molar refractivity (Wildman–Crippen MR) is 24.0 cm³/mol. The first kappa shape index (κ1) is 15.7. The molecule has 0 aliphatic heterocycles. The molecular weight excluding hydrogens is 144 g/mol. The summed E-state index contributed by atoms with van der Waals surface area (Å²) in [5.41, 5.74) is 0. The van der Waals surface area contributed by atoms with Crippen LogP contribution in [0.1, 0.15) is 0 Å². The Morgan fingerprint density at radius 3 is 1.33 bits per heavy atom. The maximum atomic E-state index is 8.44. The van der Waals surface area contributed by atoms with E-state index >= 15 is 0 Å². The molecule has 0 aromatic carbocycles. The molecule has 0 aliphatic rings. The molecule has 30 valence electrons. The first-order valence-electron chi connectivity index (χ1n) is 0.500. The van der Waals surface area contributed by atoms with E-state index < -0.39 is 11.4 Å². The van der Waals surface area contributed by atoms with Gasteiger partial charge in [0, 0.05) is 0 Å². The van der Waals surface area contributed by atoms with Crippen LogP contribution in [0, 0.1) is 0 Å². The minimum atomic E-state index is -3.11. The van der Waals surface area contributed by atoms with Gasteiger partial charge in [-0.25, -0.2) is 0 Å². The van der Waals surface area contributed by atoms with Gasteiger partial charge in [-0.15, -0.1) is 11.4 Å². The molecular formula is H2CaMgO3S. The minimum absolute atomic E-state index is 0. The molecule has 3 nitrogen and oxygen atoms in total. The van der Waals surface area contributed by atoms with Gasteiger partial charge in [0.2, 0.25) is 0 Å².